The van der Waals surface area contributed by atoms with Gasteiger partial charge in [0, 0.05) is 4.47 Å². The largest absolute Gasteiger partial charge is 0.0623 e. The van der Waals surface area contributed by atoms with E-state index in [1.54, 1.807) is 0 Å². The minimum Gasteiger partial charge on any atom is -0.0623 e. The van der Waals surface area contributed by atoms with Gasteiger partial charge in [0.2, 0.25) is 0 Å². The van der Waals surface area contributed by atoms with Gasteiger partial charge in [-0.25, -0.2) is 0 Å². The summed E-state index contributed by atoms with van der Waals surface area (Å²) < 4.78 is 1.18. The molecule has 0 saturated heterocycles. The summed E-state index contributed by atoms with van der Waals surface area (Å²) in [7, 11) is 0. The topological polar surface area (TPSA) is 0 Å². The zero-order chi connectivity index (χ0) is 10.2. The molecule has 14 heavy (non-hydrogen) atoms. The molecule has 0 nitrogen and oxygen atoms in total. The molecule has 0 aliphatic heterocycles. The molecule has 0 unspecified atom stereocenters. The Morgan fingerprint density at radius 3 is 1.43 bits per heavy atom. The van der Waals surface area contributed by atoms with E-state index in [1.165, 1.54) is 10.0 Å². The molecule has 0 spiro atoms. The van der Waals surface area contributed by atoms with Crippen molar-refractivity contribution < 1.29 is 0 Å². The Labute approximate surface area is 93.7 Å². The molecular formula is C13H13Br. The maximum absolute atomic E-state index is 3.40. The SMILES string of the molecule is Cc1ccccc1Br.c1ccccc1. The van der Waals surface area contributed by atoms with Gasteiger partial charge < -0.3 is 0 Å². The van der Waals surface area contributed by atoms with Crippen LogP contribution in [0.1, 0.15) is 5.56 Å². The molecule has 0 amide bonds. The lowest BCUT2D eigenvalue weighted by Gasteiger charge is -1.91. The van der Waals surface area contributed by atoms with Gasteiger partial charge in [0.15, 0.2) is 0 Å². The molecule has 0 radical (unpaired) electrons. The average molecular weight is 249 g/mol. The van der Waals surface area contributed by atoms with Crippen LogP contribution in [0.3, 0.4) is 0 Å². The van der Waals surface area contributed by atoms with Gasteiger partial charge in [-0.1, -0.05) is 70.5 Å². The van der Waals surface area contributed by atoms with Crippen molar-refractivity contribution in [1.29, 1.82) is 0 Å². The Kier molecular flexibility index (Phi) is 5.02. The number of hydrogen-bond acceptors (Lipinski definition) is 0. The summed E-state index contributed by atoms with van der Waals surface area (Å²) in [6.45, 7) is 2.07. The summed E-state index contributed by atoms with van der Waals surface area (Å²) in [5.74, 6) is 0. The standard InChI is InChI=1S/C7H7Br.C6H6/c1-6-4-2-3-5-7(6)8;1-2-4-6-5-3-1/h2-5H,1H3;1-6H. The van der Waals surface area contributed by atoms with Crippen LogP contribution in [-0.2, 0) is 0 Å². The molecule has 0 heterocycles. The van der Waals surface area contributed by atoms with Gasteiger partial charge in [-0.3, -0.25) is 0 Å². The number of benzene rings is 2. The summed E-state index contributed by atoms with van der Waals surface area (Å²) in [6.07, 6.45) is 0. The molecule has 1 heteroatoms. The van der Waals surface area contributed by atoms with Gasteiger partial charge >= 0.3 is 0 Å². The van der Waals surface area contributed by atoms with Gasteiger partial charge in [0.25, 0.3) is 0 Å². The van der Waals surface area contributed by atoms with Crippen molar-refractivity contribution in [3.63, 3.8) is 0 Å². The first-order valence-corrected chi connectivity index (χ1v) is 5.31. The quantitative estimate of drug-likeness (QED) is 0.647. The number of halogens is 1. The van der Waals surface area contributed by atoms with E-state index in [9.17, 15) is 0 Å². The van der Waals surface area contributed by atoms with E-state index in [0.717, 1.165) is 0 Å². The first kappa shape index (κ1) is 11.0. The van der Waals surface area contributed by atoms with Crippen LogP contribution < -0.4 is 0 Å². The van der Waals surface area contributed by atoms with Crippen LogP contribution in [0, 0.1) is 6.92 Å². The second kappa shape index (κ2) is 6.39. The summed E-state index contributed by atoms with van der Waals surface area (Å²) in [4.78, 5) is 0. The van der Waals surface area contributed by atoms with E-state index < -0.39 is 0 Å². The molecule has 0 N–H and O–H groups in total. The van der Waals surface area contributed by atoms with Gasteiger partial charge in [-0.2, -0.15) is 0 Å². The Morgan fingerprint density at radius 1 is 0.714 bits per heavy atom. The van der Waals surface area contributed by atoms with Crippen molar-refractivity contribution in [2.75, 3.05) is 0 Å². The van der Waals surface area contributed by atoms with E-state index in [4.69, 9.17) is 0 Å². The third-order valence-electron chi connectivity index (χ3n) is 1.74. The van der Waals surface area contributed by atoms with Crippen molar-refractivity contribution >= 4 is 15.9 Å². The summed E-state index contributed by atoms with van der Waals surface area (Å²) >= 11 is 3.40. The minimum atomic E-state index is 1.18. The maximum Gasteiger partial charge on any atom is 0.0204 e. The summed E-state index contributed by atoms with van der Waals surface area (Å²) in [6, 6.07) is 20.1. The summed E-state index contributed by atoms with van der Waals surface area (Å²) in [5.41, 5.74) is 1.28. The fraction of sp³-hybridized carbons (Fsp3) is 0.0769. The highest BCUT2D eigenvalue weighted by Gasteiger charge is 1.86. The highest BCUT2D eigenvalue weighted by Crippen LogP contribution is 2.13. The number of hydrogen-bond donors (Lipinski definition) is 0. The van der Waals surface area contributed by atoms with Crippen molar-refractivity contribution in [2.24, 2.45) is 0 Å². The van der Waals surface area contributed by atoms with Crippen LogP contribution in [0.25, 0.3) is 0 Å². The lowest BCUT2D eigenvalue weighted by atomic mass is 10.2. The zero-order valence-electron chi connectivity index (χ0n) is 8.15. The Hall–Kier alpha value is -1.08. The average Bonchev–Trinajstić information content (AvgIpc) is 2.26. The fourth-order valence-corrected chi connectivity index (χ4v) is 1.22. The van der Waals surface area contributed by atoms with Crippen LogP contribution >= 0.6 is 15.9 Å². The van der Waals surface area contributed by atoms with Crippen LogP contribution in [-0.4, -0.2) is 0 Å². The lowest BCUT2D eigenvalue weighted by molar-refractivity contribution is 1.43. The van der Waals surface area contributed by atoms with Gasteiger partial charge in [-0.15, -0.1) is 0 Å². The van der Waals surface area contributed by atoms with Gasteiger partial charge in [0.05, 0.1) is 0 Å². The predicted molar refractivity (Wildman–Crippen MR) is 65.3 cm³/mol. The molecule has 72 valence electrons. The van der Waals surface area contributed by atoms with E-state index in [2.05, 4.69) is 28.9 Å². The highest BCUT2D eigenvalue weighted by molar-refractivity contribution is 9.10. The van der Waals surface area contributed by atoms with E-state index >= 15 is 0 Å². The van der Waals surface area contributed by atoms with E-state index in [-0.39, 0.29) is 0 Å². The third-order valence-corrected chi connectivity index (χ3v) is 2.63. The van der Waals surface area contributed by atoms with Gasteiger partial charge in [-0.05, 0) is 18.6 Å². The molecule has 0 aliphatic rings. The van der Waals surface area contributed by atoms with Crippen molar-refractivity contribution in [3.05, 3.63) is 70.7 Å². The maximum atomic E-state index is 3.40. The second-order valence-electron chi connectivity index (χ2n) is 2.90. The smallest absolute Gasteiger partial charge is 0.0204 e. The fourth-order valence-electron chi connectivity index (χ4n) is 0.936. The minimum absolute atomic E-state index is 1.18. The van der Waals surface area contributed by atoms with Gasteiger partial charge in [0.1, 0.15) is 0 Å². The summed E-state index contributed by atoms with van der Waals surface area (Å²) in [5, 5.41) is 0. The van der Waals surface area contributed by atoms with Crippen molar-refractivity contribution in [3.8, 4) is 0 Å². The van der Waals surface area contributed by atoms with E-state index in [1.807, 2.05) is 54.6 Å². The monoisotopic (exact) mass is 248 g/mol. The molecule has 0 aliphatic carbocycles. The second-order valence-corrected chi connectivity index (χ2v) is 3.76. The van der Waals surface area contributed by atoms with Crippen LogP contribution in [0.4, 0.5) is 0 Å². The van der Waals surface area contributed by atoms with Crippen LogP contribution in [0.2, 0.25) is 0 Å². The van der Waals surface area contributed by atoms with Crippen molar-refractivity contribution in [2.45, 2.75) is 6.92 Å². The molecule has 0 fully saturated rings. The molecule has 2 aromatic rings. The molecule has 2 rings (SSSR count). The lowest BCUT2D eigenvalue weighted by Crippen LogP contribution is -1.69. The van der Waals surface area contributed by atoms with Crippen LogP contribution in [0.15, 0.2) is 65.1 Å². The molecular weight excluding hydrogens is 236 g/mol. The highest BCUT2D eigenvalue weighted by atomic mass is 79.9. The third kappa shape index (κ3) is 4.24. The molecule has 2 aromatic carbocycles. The zero-order valence-corrected chi connectivity index (χ0v) is 9.74. The van der Waals surface area contributed by atoms with Crippen LogP contribution in [0.5, 0.6) is 0 Å². The normalized spacial score (nSPS) is 8.71. The number of aryl methyl sites for hydroxylation is 1. The Balaban J connectivity index is 0.000000146. The predicted octanol–water partition coefficient (Wildman–Crippen LogP) is 4.44. The first-order valence-electron chi connectivity index (χ1n) is 4.52. The van der Waals surface area contributed by atoms with Crippen molar-refractivity contribution in [1.82, 2.24) is 0 Å². The Bertz CT molecular complexity index is 307. The number of rotatable bonds is 0. The Morgan fingerprint density at radius 2 is 1.14 bits per heavy atom. The van der Waals surface area contributed by atoms with E-state index in [0.29, 0.717) is 0 Å². The first-order chi connectivity index (χ1) is 6.80. The molecule has 0 atom stereocenters. The molecule has 0 aromatic heterocycles. The molecule has 0 saturated carbocycles. The molecule has 0 bridgehead atoms.